The Kier molecular flexibility index (Phi) is 5.94. The highest BCUT2D eigenvalue weighted by Crippen LogP contribution is 2.30. The van der Waals surface area contributed by atoms with Crippen molar-refractivity contribution in [2.45, 2.75) is 58.8 Å². The van der Waals surface area contributed by atoms with E-state index >= 15 is 0 Å². The zero-order valence-electron chi connectivity index (χ0n) is 18.9. The Balaban J connectivity index is 1.61. The molecule has 0 saturated heterocycles. The van der Waals surface area contributed by atoms with Crippen LogP contribution < -0.4 is 5.32 Å². The molecular formula is C23H30FN5O3. The number of anilines is 1. The molecule has 0 saturated carbocycles. The Labute approximate surface area is 187 Å². The Morgan fingerprint density at radius 1 is 1.38 bits per heavy atom. The van der Waals surface area contributed by atoms with Crippen LogP contribution in [0.4, 0.5) is 14.9 Å². The fourth-order valence-electron chi connectivity index (χ4n) is 4.63. The molecule has 8 nitrogen and oxygen atoms in total. The zero-order chi connectivity index (χ0) is 23.2. The first-order valence-corrected chi connectivity index (χ1v) is 11.0. The molecule has 172 valence electrons. The van der Waals surface area contributed by atoms with E-state index in [0.717, 1.165) is 11.3 Å². The van der Waals surface area contributed by atoms with E-state index in [1.54, 1.807) is 34.5 Å². The summed E-state index contributed by atoms with van der Waals surface area (Å²) in [5, 5.41) is 18.0. The van der Waals surface area contributed by atoms with E-state index in [9.17, 15) is 19.1 Å². The van der Waals surface area contributed by atoms with Gasteiger partial charge in [-0.3, -0.25) is 9.48 Å². The topological polar surface area (TPSA) is 90.7 Å². The van der Waals surface area contributed by atoms with Crippen molar-refractivity contribution in [3.05, 3.63) is 46.5 Å². The van der Waals surface area contributed by atoms with Gasteiger partial charge in [0.25, 0.3) is 5.91 Å². The number of nitrogens with zero attached hydrogens (tertiary/aromatic N) is 4. The highest BCUT2D eigenvalue weighted by Gasteiger charge is 2.38. The molecular weight excluding hydrogens is 413 g/mol. The number of nitrogens with one attached hydrogen (secondary N) is 1. The van der Waals surface area contributed by atoms with Gasteiger partial charge in [0.05, 0.1) is 18.3 Å². The monoisotopic (exact) mass is 443 g/mol. The molecule has 2 aromatic rings. The second kappa shape index (κ2) is 8.54. The van der Waals surface area contributed by atoms with Crippen molar-refractivity contribution in [2.24, 2.45) is 5.92 Å². The van der Waals surface area contributed by atoms with Gasteiger partial charge >= 0.3 is 6.03 Å². The molecule has 1 aromatic heterocycles. The van der Waals surface area contributed by atoms with E-state index in [4.69, 9.17) is 5.10 Å². The molecule has 3 heterocycles. The molecule has 3 atom stereocenters. The number of hydrogen-bond donors (Lipinski definition) is 2. The number of aliphatic hydroxyl groups is 1. The van der Waals surface area contributed by atoms with Gasteiger partial charge in [0.2, 0.25) is 0 Å². The minimum Gasteiger partial charge on any atom is -0.393 e. The van der Waals surface area contributed by atoms with E-state index in [0.29, 0.717) is 42.9 Å². The van der Waals surface area contributed by atoms with E-state index in [-0.39, 0.29) is 36.3 Å². The molecule has 0 radical (unpaired) electrons. The number of aryl methyl sites for hydroxylation is 1. The van der Waals surface area contributed by atoms with Crippen LogP contribution in [0.1, 0.15) is 47.6 Å². The summed E-state index contributed by atoms with van der Waals surface area (Å²) in [6.45, 7) is 6.69. The highest BCUT2D eigenvalue weighted by atomic mass is 19.1. The molecule has 3 amide bonds. The molecule has 0 fully saturated rings. The molecule has 0 unspecified atom stereocenters. The first kappa shape index (κ1) is 22.3. The number of fused-ring (bicyclic) bond motifs is 3. The molecule has 1 aromatic carbocycles. The molecule has 0 aliphatic carbocycles. The molecule has 9 heteroatoms. The van der Waals surface area contributed by atoms with Crippen molar-refractivity contribution in [1.29, 1.82) is 0 Å². The smallest absolute Gasteiger partial charge is 0.322 e. The number of aromatic nitrogens is 2. The normalized spacial score (nSPS) is 21.6. The molecule has 2 N–H and O–H groups in total. The van der Waals surface area contributed by atoms with E-state index in [2.05, 4.69) is 5.32 Å². The third kappa shape index (κ3) is 3.97. The first-order chi connectivity index (χ1) is 15.2. The summed E-state index contributed by atoms with van der Waals surface area (Å²) in [5.74, 6) is -0.570. The van der Waals surface area contributed by atoms with Crippen LogP contribution in [0, 0.1) is 18.7 Å². The number of rotatable bonds is 3. The standard InChI is InChI=1S/C23H30FN5O3/c1-5-20(30)15-10-27(4)22(31)21-17-12-28(14(3)9-19(17)26-29(21)11-15)23(32)25-16-6-7-18(24)13(2)8-16/h6-8,14-15,20,30H,5,9-12H2,1-4H3,(H,25,32)/t14-,15+,20-/m1/s1. The summed E-state index contributed by atoms with van der Waals surface area (Å²) in [6.07, 6.45) is 0.623. The number of urea groups is 1. The predicted octanol–water partition coefficient (Wildman–Crippen LogP) is 2.78. The van der Waals surface area contributed by atoms with Crippen molar-refractivity contribution < 1.29 is 19.1 Å². The predicted molar refractivity (Wildman–Crippen MR) is 118 cm³/mol. The van der Waals surface area contributed by atoms with Crippen LogP contribution in [0.3, 0.4) is 0 Å². The number of aliphatic hydroxyl groups excluding tert-OH is 1. The minimum atomic E-state index is -0.516. The molecule has 32 heavy (non-hydrogen) atoms. The molecule has 0 bridgehead atoms. The minimum absolute atomic E-state index is 0.102. The van der Waals surface area contributed by atoms with Gasteiger partial charge in [-0.25, -0.2) is 9.18 Å². The Bertz CT molecular complexity index is 1050. The number of carbonyl (C=O) groups excluding carboxylic acids is 2. The molecule has 2 aliphatic rings. The van der Waals surface area contributed by atoms with Gasteiger partial charge < -0.3 is 20.2 Å². The zero-order valence-corrected chi connectivity index (χ0v) is 18.9. The van der Waals surface area contributed by atoms with Crippen molar-refractivity contribution in [3.63, 3.8) is 0 Å². The van der Waals surface area contributed by atoms with Crippen LogP contribution in [-0.2, 0) is 19.5 Å². The maximum absolute atomic E-state index is 13.6. The fourth-order valence-corrected chi connectivity index (χ4v) is 4.63. The quantitative estimate of drug-likeness (QED) is 0.763. The summed E-state index contributed by atoms with van der Waals surface area (Å²) in [6, 6.07) is 4.03. The molecule has 4 rings (SSSR count). The van der Waals surface area contributed by atoms with Crippen LogP contribution in [0.25, 0.3) is 0 Å². The SMILES string of the molecule is CC[C@@H](O)[C@H]1CN(C)C(=O)c2c3c(nn2C1)C[C@@H](C)N(C(=O)Nc1ccc(F)c(C)c1)C3. The summed E-state index contributed by atoms with van der Waals surface area (Å²) in [4.78, 5) is 29.5. The average molecular weight is 444 g/mol. The van der Waals surface area contributed by atoms with E-state index < -0.39 is 6.10 Å². The Morgan fingerprint density at radius 2 is 2.12 bits per heavy atom. The maximum Gasteiger partial charge on any atom is 0.322 e. The third-order valence-electron chi connectivity index (χ3n) is 6.58. The molecule has 2 aliphatic heterocycles. The summed E-state index contributed by atoms with van der Waals surface area (Å²) < 4.78 is 15.3. The maximum atomic E-state index is 13.6. The lowest BCUT2D eigenvalue weighted by Crippen LogP contribution is -2.45. The van der Waals surface area contributed by atoms with Crippen molar-refractivity contribution in [2.75, 3.05) is 18.9 Å². The number of halogens is 1. The van der Waals surface area contributed by atoms with Gasteiger partial charge in [-0.1, -0.05) is 6.92 Å². The van der Waals surface area contributed by atoms with Crippen molar-refractivity contribution in [3.8, 4) is 0 Å². The van der Waals surface area contributed by atoms with Crippen LogP contribution in [0.5, 0.6) is 0 Å². The second-order valence-corrected chi connectivity index (χ2v) is 8.95. The van der Waals surface area contributed by atoms with Crippen molar-refractivity contribution in [1.82, 2.24) is 19.6 Å². The highest BCUT2D eigenvalue weighted by molar-refractivity contribution is 5.95. The third-order valence-corrected chi connectivity index (χ3v) is 6.58. The van der Waals surface area contributed by atoms with Crippen LogP contribution in [-0.4, -0.2) is 62.4 Å². The number of hydrogen-bond acceptors (Lipinski definition) is 4. The average Bonchev–Trinajstić information content (AvgIpc) is 3.04. The van der Waals surface area contributed by atoms with Crippen LogP contribution in [0.15, 0.2) is 18.2 Å². The number of benzene rings is 1. The molecule has 0 spiro atoms. The van der Waals surface area contributed by atoms with Crippen LogP contribution >= 0.6 is 0 Å². The van der Waals surface area contributed by atoms with Crippen LogP contribution in [0.2, 0.25) is 0 Å². The van der Waals surface area contributed by atoms with Gasteiger partial charge in [0, 0.05) is 49.8 Å². The summed E-state index contributed by atoms with van der Waals surface area (Å²) in [7, 11) is 1.74. The number of carbonyl (C=O) groups is 2. The Hall–Kier alpha value is -2.94. The lowest BCUT2D eigenvalue weighted by atomic mass is 9.99. The Morgan fingerprint density at radius 3 is 2.81 bits per heavy atom. The summed E-state index contributed by atoms with van der Waals surface area (Å²) >= 11 is 0. The lowest BCUT2D eigenvalue weighted by Gasteiger charge is -2.33. The first-order valence-electron chi connectivity index (χ1n) is 11.0. The van der Waals surface area contributed by atoms with Gasteiger partial charge in [-0.2, -0.15) is 5.10 Å². The lowest BCUT2D eigenvalue weighted by molar-refractivity contribution is 0.0625. The second-order valence-electron chi connectivity index (χ2n) is 8.95. The van der Waals surface area contributed by atoms with E-state index in [1.165, 1.54) is 12.1 Å². The number of amides is 3. The fraction of sp³-hybridized carbons (Fsp3) is 0.522. The largest absolute Gasteiger partial charge is 0.393 e. The summed E-state index contributed by atoms with van der Waals surface area (Å²) in [5.41, 5.74) is 3.05. The van der Waals surface area contributed by atoms with Gasteiger partial charge in [-0.05, 0) is 44.0 Å². The van der Waals surface area contributed by atoms with Gasteiger partial charge in [0.1, 0.15) is 11.5 Å². The van der Waals surface area contributed by atoms with E-state index in [1.807, 2.05) is 13.8 Å². The van der Waals surface area contributed by atoms with Gasteiger partial charge in [0.15, 0.2) is 0 Å². The van der Waals surface area contributed by atoms with Crippen molar-refractivity contribution >= 4 is 17.6 Å². The van der Waals surface area contributed by atoms with Gasteiger partial charge in [-0.15, -0.1) is 0 Å².